The predicted octanol–water partition coefficient (Wildman–Crippen LogP) is 7.77. The summed E-state index contributed by atoms with van der Waals surface area (Å²) in [4.78, 5) is 0. The number of fused-ring (bicyclic) bond motifs is 11. The molecule has 188 valence electrons. The van der Waals surface area contributed by atoms with Crippen LogP contribution in [0.5, 0.6) is 0 Å². The molecule has 40 heavy (non-hydrogen) atoms. The van der Waals surface area contributed by atoms with E-state index in [0.717, 1.165) is 25.7 Å². The lowest BCUT2D eigenvalue weighted by Crippen LogP contribution is -2.23. The van der Waals surface area contributed by atoms with Gasteiger partial charge in [0, 0.05) is 11.8 Å². The average Bonchev–Trinajstić information content (AvgIpc) is 3.80. The fraction of sp³-hybridized carbons (Fsp3) is 0.150. The summed E-state index contributed by atoms with van der Waals surface area (Å²) in [6.07, 6.45) is 29.0. The first-order valence-electron chi connectivity index (χ1n) is 14.9. The molecule has 0 N–H and O–H groups in total. The van der Waals surface area contributed by atoms with Gasteiger partial charge in [-0.15, -0.1) is 0 Å². The third-order valence-corrected chi connectivity index (χ3v) is 10.4. The van der Waals surface area contributed by atoms with Crippen LogP contribution in [0.1, 0.15) is 36.8 Å². The molecule has 0 radical (unpaired) electrons. The number of hydrogen-bond acceptors (Lipinski definition) is 0. The maximum Gasteiger partial charge on any atom is 0.0102 e. The second-order valence-corrected chi connectivity index (χ2v) is 12.3. The van der Waals surface area contributed by atoms with Gasteiger partial charge in [-0.1, -0.05) is 85.0 Å². The molecule has 2 aromatic carbocycles. The molecule has 8 aliphatic carbocycles. The highest BCUT2D eigenvalue weighted by Gasteiger charge is 2.37. The second-order valence-electron chi connectivity index (χ2n) is 12.3. The lowest BCUT2D eigenvalue weighted by molar-refractivity contribution is 0.640. The van der Waals surface area contributed by atoms with Crippen molar-refractivity contribution in [3.63, 3.8) is 0 Å². The van der Waals surface area contributed by atoms with Crippen LogP contribution < -0.4 is 10.4 Å². The van der Waals surface area contributed by atoms with Crippen LogP contribution in [-0.2, 0) is 0 Å². The van der Waals surface area contributed by atoms with Gasteiger partial charge in [-0.05, 0) is 138 Å². The van der Waals surface area contributed by atoms with Crippen molar-refractivity contribution in [1.82, 2.24) is 0 Å². The van der Waals surface area contributed by atoms with Gasteiger partial charge in [0.1, 0.15) is 0 Å². The molecule has 0 nitrogen and oxygen atoms in total. The van der Waals surface area contributed by atoms with Crippen molar-refractivity contribution in [3.05, 3.63) is 175 Å². The van der Waals surface area contributed by atoms with E-state index in [-0.39, 0.29) is 0 Å². The Labute approximate surface area is 234 Å². The van der Waals surface area contributed by atoms with Gasteiger partial charge < -0.3 is 0 Å². The third-order valence-electron chi connectivity index (χ3n) is 10.4. The zero-order valence-electron chi connectivity index (χ0n) is 22.4. The Morgan fingerprint density at radius 1 is 0.475 bits per heavy atom. The zero-order valence-corrected chi connectivity index (χ0v) is 22.4. The van der Waals surface area contributed by atoms with Crippen LogP contribution in [0, 0.1) is 11.8 Å². The van der Waals surface area contributed by atoms with Crippen LogP contribution in [-0.4, -0.2) is 0 Å². The van der Waals surface area contributed by atoms with Crippen LogP contribution in [0.15, 0.2) is 154 Å². The van der Waals surface area contributed by atoms with Crippen molar-refractivity contribution in [3.8, 4) is 0 Å². The van der Waals surface area contributed by atoms with E-state index in [1.807, 2.05) is 0 Å². The van der Waals surface area contributed by atoms with Crippen LogP contribution in [0.3, 0.4) is 0 Å². The van der Waals surface area contributed by atoms with Crippen molar-refractivity contribution in [2.75, 3.05) is 0 Å². The first-order valence-corrected chi connectivity index (χ1v) is 14.9. The molecular weight excluding hydrogens is 480 g/mol. The summed E-state index contributed by atoms with van der Waals surface area (Å²) in [6, 6.07) is 18.4. The summed E-state index contributed by atoms with van der Waals surface area (Å²) in [7, 11) is 0. The second kappa shape index (κ2) is 7.61. The Kier molecular flexibility index (Phi) is 4.07. The predicted molar refractivity (Wildman–Crippen MR) is 165 cm³/mol. The highest BCUT2D eigenvalue weighted by Crippen LogP contribution is 2.53. The molecule has 0 heterocycles. The summed E-state index contributed by atoms with van der Waals surface area (Å²) >= 11 is 0. The first-order chi connectivity index (χ1) is 19.8. The van der Waals surface area contributed by atoms with Gasteiger partial charge in [-0.2, -0.15) is 0 Å². The number of rotatable bonds is 0. The fourth-order valence-corrected chi connectivity index (χ4v) is 8.66. The van der Waals surface area contributed by atoms with Crippen LogP contribution in [0.25, 0.3) is 22.3 Å². The molecule has 0 aromatic heterocycles. The van der Waals surface area contributed by atoms with Gasteiger partial charge in [0.05, 0.1) is 0 Å². The largest absolute Gasteiger partial charge is 0.0795 e. The lowest BCUT2D eigenvalue weighted by atomic mass is 9.81. The van der Waals surface area contributed by atoms with Gasteiger partial charge in [0.2, 0.25) is 0 Å². The van der Waals surface area contributed by atoms with Crippen molar-refractivity contribution in [1.29, 1.82) is 0 Å². The molecular formula is C40H28. The fourth-order valence-electron chi connectivity index (χ4n) is 8.66. The molecule has 10 rings (SSSR count). The molecule has 0 amide bonds. The van der Waals surface area contributed by atoms with Gasteiger partial charge >= 0.3 is 0 Å². The van der Waals surface area contributed by atoms with E-state index in [1.165, 1.54) is 88.4 Å². The molecule has 0 spiro atoms. The average molecular weight is 509 g/mol. The Bertz CT molecular complexity index is 2080. The lowest BCUT2D eigenvalue weighted by Gasteiger charge is -2.22. The first kappa shape index (κ1) is 21.4. The zero-order chi connectivity index (χ0) is 25.9. The van der Waals surface area contributed by atoms with Gasteiger partial charge in [-0.25, -0.2) is 0 Å². The smallest absolute Gasteiger partial charge is 0.0102 e. The molecule has 0 fully saturated rings. The number of benzene rings is 2. The number of hydrogen-bond donors (Lipinski definition) is 0. The highest BCUT2D eigenvalue weighted by atomic mass is 14.4. The van der Waals surface area contributed by atoms with E-state index in [2.05, 4.69) is 109 Å². The molecule has 6 bridgehead atoms. The Balaban J connectivity index is 1.35. The van der Waals surface area contributed by atoms with Crippen molar-refractivity contribution in [2.45, 2.75) is 25.7 Å². The van der Waals surface area contributed by atoms with E-state index in [0.29, 0.717) is 11.8 Å². The van der Waals surface area contributed by atoms with E-state index in [4.69, 9.17) is 0 Å². The molecule has 0 aliphatic heterocycles. The van der Waals surface area contributed by atoms with Crippen LogP contribution >= 0.6 is 0 Å². The minimum Gasteiger partial charge on any atom is -0.0795 e. The summed E-state index contributed by atoms with van der Waals surface area (Å²) in [5.41, 5.74) is 20.3. The Morgan fingerprint density at radius 2 is 0.975 bits per heavy atom. The van der Waals surface area contributed by atoms with Crippen LogP contribution in [0.2, 0.25) is 0 Å². The molecule has 2 unspecified atom stereocenters. The molecule has 2 aromatic rings. The normalized spacial score (nSPS) is 26.0. The Morgan fingerprint density at radius 3 is 1.65 bits per heavy atom. The highest BCUT2D eigenvalue weighted by molar-refractivity contribution is 5.98. The van der Waals surface area contributed by atoms with Crippen molar-refractivity contribution < 1.29 is 0 Å². The monoisotopic (exact) mass is 508 g/mol. The summed E-state index contributed by atoms with van der Waals surface area (Å²) in [6.45, 7) is 0. The van der Waals surface area contributed by atoms with E-state index in [1.54, 1.807) is 0 Å². The topological polar surface area (TPSA) is 0 Å². The summed E-state index contributed by atoms with van der Waals surface area (Å²) in [5.74, 6) is 0.783. The van der Waals surface area contributed by atoms with Crippen LogP contribution in [0.4, 0.5) is 0 Å². The maximum absolute atomic E-state index is 2.56. The molecule has 2 atom stereocenters. The van der Waals surface area contributed by atoms with E-state index < -0.39 is 0 Å². The van der Waals surface area contributed by atoms with Crippen molar-refractivity contribution in [2.24, 2.45) is 11.8 Å². The van der Waals surface area contributed by atoms with E-state index in [9.17, 15) is 0 Å². The summed E-state index contributed by atoms with van der Waals surface area (Å²) in [5, 5.41) is 2.85. The van der Waals surface area contributed by atoms with Crippen molar-refractivity contribution >= 4 is 22.3 Å². The third kappa shape index (κ3) is 2.71. The summed E-state index contributed by atoms with van der Waals surface area (Å²) < 4.78 is 0. The van der Waals surface area contributed by atoms with Gasteiger partial charge in [0.15, 0.2) is 0 Å². The standard InChI is InChI=1S/C40H28/c1-2-8-32-31(7-1)37-19-23-17-25(29-13-5-11-27(23)29)21-39-33-9-3-4-10-34(33)40-22-26-18-24(28-12-6-14-30(26)28)20-38(32)35(37)15-16-36(39)40/h1-11,14,17-22,35-36H,12-13,15-16H2. The van der Waals surface area contributed by atoms with Gasteiger partial charge in [0.25, 0.3) is 0 Å². The SMILES string of the molecule is C1=CC2=C(C1)C1=CC2=CC2=c3ccccc3=C3C=C4C=C(C=C5c6ccccc6C(=C1)C5CCC23)C1=C4CC=C1. The van der Waals surface area contributed by atoms with E-state index >= 15 is 0 Å². The molecule has 0 saturated heterocycles. The minimum atomic E-state index is 0.391. The Hall–Kier alpha value is -4.42. The quantitative estimate of drug-likeness (QED) is 0.341. The maximum atomic E-state index is 2.56. The molecule has 8 aliphatic rings. The molecule has 0 heteroatoms. The van der Waals surface area contributed by atoms with Gasteiger partial charge in [-0.3, -0.25) is 0 Å². The molecule has 0 saturated carbocycles. The number of allylic oxidation sites excluding steroid dienone is 20. The minimum absolute atomic E-state index is 0.391.